The van der Waals surface area contributed by atoms with Gasteiger partial charge in [-0.3, -0.25) is 0 Å². The number of aryl methyl sites for hydroxylation is 1. The fraction of sp³-hybridized carbons (Fsp3) is 0.375. The van der Waals surface area contributed by atoms with E-state index in [1.165, 1.54) is 0 Å². The Morgan fingerprint density at radius 1 is 1.53 bits per heavy atom. The topological polar surface area (TPSA) is 104 Å². The monoisotopic (exact) mass is 225 g/mol. The van der Waals surface area contributed by atoms with Crippen molar-refractivity contribution in [2.75, 3.05) is 17.7 Å². The van der Waals surface area contributed by atoms with Crippen LogP contribution in [0.15, 0.2) is 6.33 Å². The summed E-state index contributed by atoms with van der Waals surface area (Å²) in [5, 5.41) is 0. The van der Waals surface area contributed by atoms with Gasteiger partial charge in [-0.15, -0.1) is 0 Å². The molecule has 0 aliphatic heterocycles. The van der Waals surface area contributed by atoms with E-state index < -0.39 is 11.2 Å². The quantitative estimate of drug-likeness (QED) is 0.707. The number of nitrogens with two attached hydrogens (primary N) is 1. The molecule has 2 aromatic heterocycles. The Morgan fingerprint density at radius 3 is 3.07 bits per heavy atom. The number of nitrogens with one attached hydrogen (secondary N) is 1. The smallest absolute Gasteiger partial charge is 0.222 e. The lowest BCUT2D eigenvalue weighted by Crippen LogP contribution is -2.09. The second-order valence-corrected chi connectivity index (χ2v) is 4.71. The van der Waals surface area contributed by atoms with Crippen LogP contribution in [-0.2, 0) is 17.6 Å². The minimum Gasteiger partial charge on any atom is -0.617 e. The van der Waals surface area contributed by atoms with Gasteiger partial charge in [-0.25, -0.2) is 9.97 Å². The van der Waals surface area contributed by atoms with Crippen LogP contribution in [0.2, 0.25) is 0 Å². The molecule has 0 spiro atoms. The summed E-state index contributed by atoms with van der Waals surface area (Å²) in [7, 11) is 0. The second kappa shape index (κ2) is 4.03. The first kappa shape index (κ1) is 10.2. The zero-order chi connectivity index (χ0) is 10.8. The Bertz CT molecular complexity index is 469. The molecule has 0 fully saturated rings. The van der Waals surface area contributed by atoms with Crippen LogP contribution in [0, 0.1) is 0 Å². The molecule has 0 aliphatic carbocycles. The van der Waals surface area contributed by atoms with Crippen LogP contribution in [0.1, 0.15) is 5.69 Å². The predicted molar refractivity (Wildman–Crippen MR) is 58.7 cm³/mol. The Labute approximate surface area is 89.5 Å². The molecule has 2 rings (SSSR count). The minimum atomic E-state index is -0.843. The number of anilines is 1. The Balaban J connectivity index is 2.35. The zero-order valence-electron chi connectivity index (χ0n) is 8.23. The largest absolute Gasteiger partial charge is 0.617 e. The zero-order valence-corrected chi connectivity index (χ0v) is 9.04. The Hall–Kier alpha value is -1.34. The highest BCUT2D eigenvalue weighted by Crippen LogP contribution is 2.13. The lowest BCUT2D eigenvalue weighted by atomic mass is 10.3. The van der Waals surface area contributed by atoms with E-state index >= 15 is 0 Å². The summed E-state index contributed by atoms with van der Waals surface area (Å²) in [4.78, 5) is 15.1. The van der Waals surface area contributed by atoms with E-state index in [1.807, 2.05) is 0 Å². The highest BCUT2D eigenvalue weighted by molar-refractivity contribution is 7.90. The van der Waals surface area contributed by atoms with Crippen molar-refractivity contribution >= 4 is 28.3 Å². The standard InChI is InChI=1S/C8H11N5OS/c1-15(14)3-2-5-6-7(11-4-10-6)13-8(9)12-5/h4H,2-3H2,1H3,(H3,9,10,11,12,13). The molecule has 0 saturated carbocycles. The SMILES string of the molecule is C[S+]([O-])CCc1nc(N)nc2[nH]cnc12. The number of nitrogen functional groups attached to an aromatic ring is 1. The van der Waals surface area contributed by atoms with Gasteiger partial charge in [-0.2, -0.15) is 4.98 Å². The number of hydrogen-bond donors (Lipinski definition) is 2. The molecule has 0 radical (unpaired) electrons. The van der Waals surface area contributed by atoms with Crippen molar-refractivity contribution < 1.29 is 4.55 Å². The van der Waals surface area contributed by atoms with Gasteiger partial charge >= 0.3 is 0 Å². The van der Waals surface area contributed by atoms with E-state index in [-0.39, 0.29) is 5.95 Å². The van der Waals surface area contributed by atoms with Gasteiger partial charge < -0.3 is 15.3 Å². The summed E-state index contributed by atoms with van der Waals surface area (Å²) in [6, 6.07) is 0. The molecule has 80 valence electrons. The molecule has 2 aromatic rings. The Kier molecular flexibility index (Phi) is 2.74. The average Bonchev–Trinajstić information content (AvgIpc) is 2.61. The molecular formula is C8H11N5OS. The van der Waals surface area contributed by atoms with Crippen molar-refractivity contribution in [1.82, 2.24) is 19.9 Å². The molecule has 6 nitrogen and oxygen atoms in total. The van der Waals surface area contributed by atoms with Crippen LogP contribution >= 0.6 is 0 Å². The summed E-state index contributed by atoms with van der Waals surface area (Å²) in [5.74, 6) is 0.766. The number of aromatic nitrogens is 4. The van der Waals surface area contributed by atoms with Gasteiger partial charge in [0.1, 0.15) is 11.3 Å². The Morgan fingerprint density at radius 2 is 2.33 bits per heavy atom. The fourth-order valence-corrected chi connectivity index (χ4v) is 1.81. The summed E-state index contributed by atoms with van der Waals surface area (Å²) in [5.41, 5.74) is 7.62. The molecule has 0 aromatic carbocycles. The highest BCUT2D eigenvalue weighted by atomic mass is 32.2. The van der Waals surface area contributed by atoms with Crippen LogP contribution in [0.25, 0.3) is 11.2 Å². The van der Waals surface area contributed by atoms with E-state index in [0.717, 1.165) is 5.69 Å². The van der Waals surface area contributed by atoms with Gasteiger partial charge in [0.25, 0.3) is 0 Å². The third-order valence-electron chi connectivity index (χ3n) is 1.99. The third kappa shape index (κ3) is 2.18. The molecule has 1 atom stereocenters. The molecule has 1 unspecified atom stereocenters. The number of imidazole rings is 1. The van der Waals surface area contributed by atoms with Crippen LogP contribution in [0.5, 0.6) is 0 Å². The van der Waals surface area contributed by atoms with Gasteiger partial charge in [0.05, 0.1) is 18.3 Å². The van der Waals surface area contributed by atoms with E-state index in [4.69, 9.17) is 5.73 Å². The normalized spacial score (nSPS) is 13.2. The molecular weight excluding hydrogens is 214 g/mol. The van der Waals surface area contributed by atoms with Crippen molar-refractivity contribution in [3.8, 4) is 0 Å². The number of aromatic amines is 1. The van der Waals surface area contributed by atoms with E-state index in [2.05, 4.69) is 19.9 Å². The summed E-state index contributed by atoms with van der Waals surface area (Å²) >= 11 is -0.843. The number of H-pyrrole nitrogens is 1. The molecule has 0 aliphatic rings. The second-order valence-electron chi connectivity index (χ2n) is 3.16. The lowest BCUT2D eigenvalue weighted by Gasteiger charge is -2.04. The number of fused-ring (bicyclic) bond motifs is 1. The molecule has 7 heteroatoms. The minimum absolute atomic E-state index is 0.212. The van der Waals surface area contributed by atoms with Crippen LogP contribution < -0.4 is 5.73 Å². The maximum absolute atomic E-state index is 11.0. The molecule has 15 heavy (non-hydrogen) atoms. The van der Waals surface area contributed by atoms with Crippen molar-refractivity contribution in [3.63, 3.8) is 0 Å². The summed E-state index contributed by atoms with van der Waals surface area (Å²) in [6.07, 6.45) is 3.80. The number of rotatable bonds is 3. The van der Waals surface area contributed by atoms with E-state index in [0.29, 0.717) is 23.3 Å². The average molecular weight is 225 g/mol. The van der Waals surface area contributed by atoms with E-state index in [1.54, 1.807) is 12.6 Å². The van der Waals surface area contributed by atoms with Crippen molar-refractivity contribution in [3.05, 3.63) is 12.0 Å². The lowest BCUT2D eigenvalue weighted by molar-refractivity contribution is 0.600. The van der Waals surface area contributed by atoms with Gasteiger partial charge in [0, 0.05) is 6.42 Å². The number of nitrogens with zero attached hydrogens (tertiary/aromatic N) is 3. The van der Waals surface area contributed by atoms with Gasteiger partial charge in [0.2, 0.25) is 5.95 Å². The maximum atomic E-state index is 11.0. The van der Waals surface area contributed by atoms with Gasteiger partial charge in [0.15, 0.2) is 5.65 Å². The van der Waals surface area contributed by atoms with Gasteiger partial charge in [-0.05, 0) is 0 Å². The molecule has 0 bridgehead atoms. The van der Waals surface area contributed by atoms with Crippen LogP contribution in [0.3, 0.4) is 0 Å². The fourth-order valence-electron chi connectivity index (χ4n) is 1.33. The molecule has 0 amide bonds. The summed E-state index contributed by atoms with van der Waals surface area (Å²) < 4.78 is 11.0. The highest BCUT2D eigenvalue weighted by Gasteiger charge is 2.10. The first-order chi connectivity index (χ1) is 7.16. The molecule has 0 saturated heterocycles. The van der Waals surface area contributed by atoms with Gasteiger partial charge in [-0.1, -0.05) is 11.2 Å². The van der Waals surface area contributed by atoms with Crippen molar-refractivity contribution in [2.45, 2.75) is 6.42 Å². The predicted octanol–water partition coefficient (Wildman–Crippen LogP) is -0.144. The van der Waals surface area contributed by atoms with E-state index in [9.17, 15) is 4.55 Å². The molecule has 2 heterocycles. The summed E-state index contributed by atoms with van der Waals surface area (Å²) in [6.45, 7) is 0. The van der Waals surface area contributed by atoms with Crippen molar-refractivity contribution in [2.24, 2.45) is 0 Å². The van der Waals surface area contributed by atoms with Crippen LogP contribution in [-0.4, -0.2) is 36.5 Å². The number of hydrogen-bond acceptors (Lipinski definition) is 5. The van der Waals surface area contributed by atoms with Crippen molar-refractivity contribution in [1.29, 1.82) is 0 Å². The molecule has 3 N–H and O–H groups in total. The third-order valence-corrected chi connectivity index (χ3v) is 2.77. The first-order valence-corrected chi connectivity index (χ1v) is 6.15. The maximum Gasteiger partial charge on any atom is 0.222 e. The first-order valence-electron chi connectivity index (χ1n) is 4.42. The van der Waals surface area contributed by atoms with Crippen LogP contribution in [0.4, 0.5) is 5.95 Å².